The highest BCUT2D eigenvalue weighted by Gasteiger charge is 2.46. The van der Waals surface area contributed by atoms with E-state index in [1.165, 1.54) is 12.2 Å². The van der Waals surface area contributed by atoms with Crippen LogP contribution >= 0.6 is 0 Å². The molecule has 1 fully saturated rings. The van der Waals surface area contributed by atoms with Crippen molar-refractivity contribution in [3.8, 4) is 0 Å². The number of aliphatic hydroxyl groups is 4. The molecule has 0 bridgehead atoms. The van der Waals surface area contributed by atoms with E-state index in [-0.39, 0.29) is 6.04 Å². The van der Waals surface area contributed by atoms with Crippen molar-refractivity contribution in [2.45, 2.75) is 50.5 Å². The van der Waals surface area contributed by atoms with Gasteiger partial charge in [-0.2, -0.15) is 5.06 Å². The Hall–Kier alpha value is -0.280. The van der Waals surface area contributed by atoms with Gasteiger partial charge in [-0.3, -0.25) is 4.84 Å². The lowest BCUT2D eigenvalue weighted by Crippen LogP contribution is -2.63. The van der Waals surface area contributed by atoms with Crippen LogP contribution in [0.15, 0.2) is 0 Å². The molecule has 0 aliphatic carbocycles. The smallest absolute Gasteiger partial charge is 0.162 e. The molecule has 0 aromatic carbocycles. The van der Waals surface area contributed by atoms with E-state index in [1.807, 2.05) is 13.8 Å². The second-order valence-electron chi connectivity index (χ2n) is 4.36. The van der Waals surface area contributed by atoms with Gasteiger partial charge >= 0.3 is 0 Å². The minimum atomic E-state index is -1.39. The lowest BCUT2D eigenvalue weighted by molar-refractivity contribution is -0.336. The van der Waals surface area contributed by atoms with Crippen molar-refractivity contribution in [2.75, 3.05) is 13.7 Å². The molecule has 1 rings (SSSR count). The Morgan fingerprint density at radius 2 is 1.76 bits per heavy atom. The van der Waals surface area contributed by atoms with Gasteiger partial charge < -0.3 is 25.2 Å². The molecular weight excluding hydrogens is 230 g/mol. The minimum absolute atomic E-state index is 0.0959. The summed E-state index contributed by atoms with van der Waals surface area (Å²) >= 11 is 0. The number of hydroxylamine groups is 2. The molecular formula is C10H21NO6. The topological polar surface area (TPSA) is 103 Å². The molecule has 1 aliphatic rings. The van der Waals surface area contributed by atoms with Gasteiger partial charge in [0.2, 0.25) is 0 Å². The summed E-state index contributed by atoms with van der Waals surface area (Å²) in [6.07, 6.45) is -5.90. The summed E-state index contributed by atoms with van der Waals surface area (Å²) in [6.45, 7) is 3.20. The van der Waals surface area contributed by atoms with Gasteiger partial charge in [0.15, 0.2) is 6.23 Å². The molecule has 5 atom stereocenters. The SMILES string of the molecule is CON(C(C)C)[C@H]1OC(CO)[C@H](O)[C@@H](O)C1O. The maximum atomic E-state index is 9.83. The molecule has 102 valence electrons. The molecule has 7 nitrogen and oxygen atoms in total. The van der Waals surface area contributed by atoms with E-state index in [4.69, 9.17) is 14.7 Å². The molecule has 0 aromatic rings. The van der Waals surface area contributed by atoms with Crippen LogP contribution in [0.5, 0.6) is 0 Å². The predicted octanol–water partition coefficient (Wildman–Crippen LogP) is -1.94. The Morgan fingerprint density at radius 3 is 2.18 bits per heavy atom. The van der Waals surface area contributed by atoms with Crippen molar-refractivity contribution in [3.63, 3.8) is 0 Å². The standard InChI is InChI=1S/C10H21NO6/c1-5(2)11(16-3)10-9(15)8(14)7(13)6(4-12)17-10/h5-10,12-15H,4H2,1-3H3/t6?,7-,8+,9?,10-/m0/s1. The first kappa shape index (κ1) is 14.8. The van der Waals surface area contributed by atoms with Gasteiger partial charge in [0.05, 0.1) is 13.7 Å². The second-order valence-corrected chi connectivity index (χ2v) is 4.36. The normalized spacial score (nSPS) is 39.0. The van der Waals surface area contributed by atoms with Crippen LogP contribution in [-0.2, 0) is 9.57 Å². The van der Waals surface area contributed by atoms with Crippen LogP contribution < -0.4 is 0 Å². The monoisotopic (exact) mass is 251 g/mol. The largest absolute Gasteiger partial charge is 0.394 e. The van der Waals surface area contributed by atoms with Crippen LogP contribution in [0.4, 0.5) is 0 Å². The molecule has 7 heteroatoms. The Bertz CT molecular complexity index is 237. The highest BCUT2D eigenvalue weighted by atomic mass is 16.7. The third-order valence-corrected chi connectivity index (χ3v) is 2.84. The molecule has 0 saturated carbocycles. The van der Waals surface area contributed by atoms with Gasteiger partial charge in [-0.05, 0) is 13.8 Å². The van der Waals surface area contributed by atoms with E-state index >= 15 is 0 Å². The molecule has 1 heterocycles. The van der Waals surface area contributed by atoms with E-state index in [0.717, 1.165) is 0 Å². The Kier molecular flexibility index (Phi) is 5.26. The van der Waals surface area contributed by atoms with Gasteiger partial charge in [0, 0.05) is 6.04 Å². The Balaban J connectivity index is 2.84. The molecule has 17 heavy (non-hydrogen) atoms. The predicted molar refractivity (Wildman–Crippen MR) is 57.8 cm³/mol. The van der Waals surface area contributed by atoms with Crippen molar-refractivity contribution >= 4 is 0 Å². The van der Waals surface area contributed by atoms with Crippen molar-refractivity contribution in [2.24, 2.45) is 0 Å². The summed E-state index contributed by atoms with van der Waals surface area (Å²) < 4.78 is 5.34. The number of hydrogen-bond acceptors (Lipinski definition) is 7. The second kappa shape index (κ2) is 6.05. The fourth-order valence-electron chi connectivity index (χ4n) is 1.90. The fraction of sp³-hybridized carbons (Fsp3) is 1.00. The number of aliphatic hydroxyl groups excluding tert-OH is 4. The number of ether oxygens (including phenoxy) is 1. The molecule has 2 unspecified atom stereocenters. The Labute approximate surface area is 100 Å². The fourth-order valence-corrected chi connectivity index (χ4v) is 1.90. The van der Waals surface area contributed by atoms with Crippen molar-refractivity contribution in [3.05, 3.63) is 0 Å². The first-order chi connectivity index (χ1) is 7.93. The van der Waals surface area contributed by atoms with E-state index in [1.54, 1.807) is 0 Å². The lowest BCUT2D eigenvalue weighted by atomic mass is 9.98. The van der Waals surface area contributed by atoms with Gasteiger partial charge in [0.25, 0.3) is 0 Å². The van der Waals surface area contributed by atoms with E-state index in [0.29, 0.717) is 0 Å². The number of nitrogens with zero attached hydrogens (tertiary/aromatic N) is 1. The van der Waals surface area contributed by atoms with Crippen LogP contribution in [0.2, 0.25) is 0 Å². The molecule has 1 saturated heterocycles. The lowest BCUT2D eigenvalue weighted by Gasteiger charge is -2.44. The summed E-state index contributed by atoms with van der Waals surface area (Å²) in [5.41, 5.74) is 0. The molecule has 0 radical (unpaired) electrons. The Morgan fingerprint density at radius 1 is 1.18 bits per heavy atom. The zero-order chi connectivity index (χ0) is 13.2. The first-order valence-electron chi connectivity index (χ1n) is 5.57. The summed E-state index contributed by atoms with van der Waals surface area (Å²) in [5.74, 6) is 0. The van der Waals surface area contributed by atoms with Gasteiger partial charge in [0.1, 0.15) is 24.4 Å². The number of hydrogen-bond donors (Lipinski definition) is 4. The molecule has 0 aromatic heterocycles. The average Bonchev–Trinajstić information content (AvgIpc) is 2.29. The van der Waals surface area contributed by atoms with Gasteiger partial charge in [-0.25, -0.2) is 0 Å². The molecule has 4 N–H and O–H groups in total. The van der Waals surface area contributed by atoms with Gasteiger partial charge in [-0.15, -0.1) is 0 Å². The maximum absolute atomic E-state index is 9.83. The van der Waals surface area contributed by atoms with Crippen molar-refractivity contribution in [1.29, 1.82) is 0 Å². The third kappa shape index (κ3) is 2.94. The van der Waals surface area contributed by atoms with Crippen LogP contribution in [0, 0.1) is 0 Å². The van der Waals surface area contributed by atoms with Gasteiger partial charge in [-0.1, -0.05) is 0 Å². The van der Waals surface area contributed by atoms with Crippen LogP contribution in [0.3, 0.4) is 0 Å². The summed E-state index contributed by atoms with van der Waals surface area (Å²) in [7, 11) is 1.42. The highest BCUT2D eigenvalue weighted by Crippen LogP contribution is 2.24. The summed E-state index contributed by atoms with van der Waals surface area (Å²) in [5, 5.41) is 39.5. The van der Waals surface area contributed by atoms with Crippen molar-refractivity contribution in [1.82, 2.24) is 5.06 Å². The zero-order valence-electron chi connectivity index (χ0n) is 10.2. The quantitative estimate of drug-likeness (QED) is 0.431. The summed E-state index contributed by atoms with van der Waals surface area (Å²) in [6, 6.07) is -0.0959. The zero-order valence-corrected chi connectivity index (χ0v) is 10.2. The minimum Gasteiger partial charge on any atom is -0.394 e. The number of rotatable bonds is 4. The molecule has 1 aliphatic heterocycles. The molecule has 0 amide bonds. The van der Waals surface area contributed by atoms with Crippen LogP contribution in [-0.4, -0.2) is 75.9 Å². The van der Waals surface area contributed by atoms with Crippen LogP contribution in [0.1, 0.15) is 13.8 Å². The maximum Gasteiger partial charge on any atom is 0.162 e. The molecule has 0 spiro atoms. The third-order valence-electron chi connectivity index (χ3n) is 2.84. The van der Waals surface area contributed by atoms with E-state index < -0.39 is 37.3 Å². The average molecular weight is 251 g/mol. The first-order valence-corrected chi connectivity index (χ1v) is 5.57. The summed E-state index contributed by atoms with van der Waals surface area (Å²) in [4.78, 5) is 5.07. The van der Waals surface area contributed by atoms with E-state index in [2.05, 4.69) is 0 Å². The van der Waals surface area contributed by atoms with E-state index in [9.17, 15) is 15.3 Å². The van der Waals surface area contributed by atoms with Crippen LogP contribution in [0.25, 0.3) is 0 Å². The highest BCUT2D eigenvalue weighted by molar-refractivity contribution is 4.91. The van der Waals surface area contributed by atoms with Crippen molar-refractivity contribution < 1.29 is 30.0 Å².